The van der Waals surface area contributed by atoms with E-state index < -0.39 is 0 Å². The molecular weight excluding hydrogens is 208 g/mol. The van der Waals surface area contributed by atoms with Crippen LogP contribution in [-0.4, -0.2) is 29.1 Å². The molecule has 2 unspecified atom stereocenters. The molecule has 2 heterocycles. The average molecular weight is 224 g/mol. The van der Waals surface area contributed by atoms with E-state index >= 15 is 0 Å². The molecule has 0 amide bonds. The van der Waals surface area contributed by atoms with Gasteiger partial charge in [0, 0.05) is 12.5 Å². The van der Waals surface area contributed by atoms with Crippen molar-refractivity contribution in [3.63, 3.8) is 0 Å². The monoisotopic (exact) mass is 224 g/mol. The molecule has 2 atom stereocenters. The fourth-order valence-corrected chi connectivity index (χ4v) is 1.93. The minimum Gasteiger partial charge on any atom is -0.381 e. The quantitative estimate of drug-likeness (QED) is 0.778. The van der Waals surface area contributed by atoms with Gasteiger partial charge in [-0.25, -0.2) is 0 Å². The fraction of sp³-hybridized carbons (Fsp3) is 0.727. The molecule has 1 fully saturated rings. The summed E-state index contributed by atoms with van der Waals surface area (Å²) < 4.78 is 10.4. The van der Waals surface area contributed by atoms with Gasteiger partial charge in [0.15, 0.2) is 5.82 Å². The zero-order chi connectivity index (χ0) is 11.5. The Labute approximate surface area is 94.2 Å². The van der Waals surface area contributed by atoms with Crippen LogP contribution in [0, 0.1) is 0 Å². The molecule has 88 valence electrons. The molecule has 1 aliphatic heterocycles. The largest absolute Gasteiger partial charge is 0.381 e. The molecule has 1 aliphatic rings. The molecule has 0 bridgehead atoms. The van der Waals surface area contributed by atoms with Crippen molar-refractivity contribution >= 4 is 5.78 Å². The van der Waals surface area contributed by atoms with E-state index in [1.165, 1.54) is 0 Å². The standard InChI is InChI=1S/C11H16N2O3/c1-3-9(7(2)14)11-12-10(13-16-11)8-4-5-15-6-8/h8-9H,3-6H2,1-2H3. The first kappa shape index (κ1) is 11.3. The van der Waals surface area contributed by atoms with Gasteiger partial charge < -0.3 is 9.26 Å². The summed E-state index contributed by atoms with van der Waals surface area (Å²) in [6.45, 7) is 4.89. The van der Waals surface area contributed by atoms with E-state index in [1.807, 2.05) is 6.92 Å². The smallest absolute Gasteiger partial charge is 0.237 e. The van der Waals surface area contributed by atoms with Crippen molar-refractivity contribution in [1.82, 2.24) is 10.1 Å². The number of ketones is 1. The summed E-state index contributed by atoms with van der Waals surface area (Å²) in [4.78, 5) is 15.7. The molecule has 0 aliphatic carbocycles. The first-order valence-corrected chi connectivity index (χ1v) is 5.64. The normalized spacial score (nSPS) is 22.2. The van der Waals surface area contributed by atoms with Crippen LogP contribution in [0.15, 0.2) is 4.52 Å². The summed E-state index contributed by atoms with van der Waals surface area (Å²) in [5.74, 6) is 1.15. The van der Waals surface area contributed by atoms with Gasteiger partial charge in [0.25, 0.3) is 0 Å². The van der Waals surface area contributed by atoms with Crippen molar-refractivity contribution in [1.29, 1.82) is 0 Å². The van der Waals surface area contributed by atoms with E-state index in [0.29, 0.717) is 24.7 Å². The van der Waals surface area contributed by atoms with Crippen molar-refractivity contribution in [2.75, 3.05) is 13.2 Å². The Morgan fingerprint density at radius 1 is 1.62 bits per heavy atom. The summed E-state index contributed by atoms with van der Waals surface area (Å²) >= 11 is 0. The van der Waals surface area contributed by atoms with Crippen LogP contribution in [0.3, 0.4) is 0 Å². The van der Waals surface area contributed by atoms with E-state index in [2.05, 4.69) is 10.1 Å². The Morgan fingerprint density at radius 3 is 3.00 bits per heavy atom. The Kier molecular flexibility index (Phi) is 3.33. The number of nitrogens with zero attached hydrogens (tertiary/aromatic N) is 2. The van der Waals surface area contributed by atoms with Crippen LogP contribution in [0.4, 0.5) is 0 Å². The zero-order valence-electron chi connectivity index (χ0n) is 9.60. The number of rotatable bonds is 4. The van der Waals surface area contributed by atoms with Crippen LogP contribution in [0.5, 0.6) is 0 Å². The molecule has 1 aromatic rings. The molecule has 1 aromatic heterocycles. The topological polar surface area (TPSA) is 65.2 Å². The lowest BCUT2D eigenvalue weighted by Crippen LogP contribution is -2.08. The van der Waals surface area contributed by atoms with Crippen molar-refractivity contribution in [3.8, 4) is 0 Å². The van der Waals surface area contributed by atoms with Gasteiger partial charge in [-0.2, -0.15) is 4.98 Å². The second kappa shape index (κ2) is 4.74. The highest BCUT2D eigenvalue weighted by molar-refractivity contribution is 5.82. The molecular formula is C11H16N2O3. The van der Waals surface area contributed by atoms with Crippen LogP contribution < -0.4 is 0 Å². The lowest BCUT2D eigenvalue weighted by molar-refractivity contribution is -0.119. The van der Waals surface area contributed by atoms with Gasteiger partial charge in [0.1, 0.15) is 5.78 Å². The Bertz CT molecular complexity index is 369. The van der Waals surface area contributed by atoms with Crippen molar-refractivity contribution in [3.05, 3.63) is 11.7 Å². The van der Waals surface area contributed by atoms with Crippen molar-refractivity contribution in [2.24, 2.45) is 0 Å². The van der Waals surface area contributed by atoms with Gasteiger partial charge >= 0.3 is 0 Å². The predicted octanol–water partition coefficient (Wildman–Crippen LogP) is 1.66. The Balaban J connectivity index is 2.14. The number of carbonyl (C=O) groups excluding carboxylic acids is 1. The molecule has 5 nitrogen and oxygen atoms in total. The maximum Gasteiger partial charge on any atom is 0.237 e. The van der Waals surface area contributed by atoms with Crippen LogP contribution in [0.25, 0.3) is 0 Å². The summed E-state index contributed by atoms with van der Waals surface area (Å²) in [6.07, 6.45) is 1.62. The van der Waals surface area contributed by atoms with Crippen LogP contribution in [0.2, 0.25) is 0 Å². The molecule has 0 radical (unpaired) electrons. The minimum atomic E-state index is -0.261. The van der Waals surface area contributed by atoms with Crippen molar-refractivity contribution in [2.45, 2.75) is 38.5 Å². The van der Waals surface area contributed by atoms with E-state index in [9.17, 15) is 4.79 Å². The molecule has 0 aromatic carbocycles. The van der Waals surface area contributed by atoms with Crippen LogP contribution >= 0.6 is 0 Å². The maximum atomic E-state index is 11.4. The zero-order valence-corrected chi connectivity index (χ0v) is 9.60. The summed E-state index contributed by atoms with van der Waals surface area (Å²) in [6, 6.07) is 0. The highest BCUT2D eigenvalue weighted by atomic mass is 16.5. The predicted molar refractivity (Wildman–Crippen MR) is 56.2 cm³/mol. The molecule has 2 rings (SSSR count). The molecule has 5 heteroatoms. The molecule has 0 spiro atoms. The number of hydrogen-bond donors (Lipinski definition) is 0. The lowest BCUT2D eigenvalue weighted by atomic mass is 10.0. The number of hydrogen-bond acceptors (Lipinski definition) is 5. The highest BCUT2D eigenvalue weighted by Crippen LogP contribution is 2.25. The van der Waals surface area contributed by atoms with E-state index in [4.69, 9.17) is 9.26 Å². The van der Waals surface area contributed by atoms with E-state index in [0.717, 1.165) is 13.0 Å². The number of ether oxygens (including phenoxy) is 1. The minimum absolute atomic E-state index is 0.0698. The SMILES string of the molecule is CCC(C(C)=O)c1nc(C2CCOC2)no1. The number of carbonyl (C=O) groups is 1. The summed E-state index contributed by atoms with van der Waals surface area (Å²) in [7, 11) is 0. The first-order valence-electron chi connectivity index (χ1n) is 5.64. The Hall–Kier alpha value is -1.23. The summed E-state index contributed by atoms with van der Waals surface area (Å²) in [5, 5.41) is 3.93. The average Bonchev–Trinajstić information content (AvgIpc) is 2.86. The maximum absolute atomic E-state index is 11.4. The summed E-state index contributed by atoms with van der Waals surface area (Å²) in [5.41, 5.74) is 0. The molecule has 16 heavy (non-hydrogen) atoms. The Morgan fingerprint density at radius 2 is 2.44 bits per heavy atom. The van der Waals surface area contributed by atoms with Gasteiger partial charge in [-0.3, -0.25) is 4.79 Å². The molecule has 0 saturated carbocycles. The molecule has 1 saturated heterocycles. The van der Waals surface area contributed by atoms with Gasteiger partial charge in [-0.05, 0) is 19.8 Å². The second-order valence-electron chi connectivity index (χ2n) is 4.12. The second-order valence-corrected chi connectivity index (χ2v) is 4.12. The third-order valence-electron chi connectivity index (χ3n) is 2.95. The van der Waals surface area contributed by atoms with Crippen LogP contribution in [-0.2, 0) is 9.53 Å². The van der Waals surface area contributed by atoms with Gasteiger partial charge in [0.2, 0.25) is 5.89 Å². The van der Waals surface area contributed by atoms with Crippen molar-refractivity contribution < 1.29 is 14.1 Å². The molecule has 0 N–H and O–H groups in total. The number of Topliss-reactive ketones (excluding diaryl/α,β-unsaturated/α-hetero) is 1. The van der Waals surface area contributed by atoms with Gasteiger partial charge in [-0.1, -0.05) is 12.1 Å². The van der Waals surface area contributed by atoms with Gasteiger partial charge in [-0.15, -0.1) is 0 Å². The number of aromatic nitrogens is 2. The van der Waals surface area contributed by atoms with E-state index in [1.54, 1.807) is 6.92 Å². The third kappa shape index (κ3) is 2.14. The third-order valence-corrected chi connectivity index (χ3v) is 2.95. The fourth-order valence-electron chi connectivity index (χ4n) is 1.93. The highest BCUT2D eigenvalue weighted by Gasteiger charge is 2.26. The first-order chi connectivity index (χ1) is 7.72. The van der Waals surface area contributed by atoms with E-state index in [-0.39, 0.29) is 17.6 Å². The van der Waals surface area contributed by atoms with Gasteiger partial charge in [0.05, 0.1) is 12.5 Å². The van der Waals surface area contributed by atoms with Crippen LogP contribution in [0.1, 0.15) is 50.2 Å². The lowest BCUT2D eigenvalue weighted by Gasteiger charge is -2.03.